The summed E-state index contributed by atoms with van der Waals surface area (Å²) in [6.45, 7) is 3.28. The number of aryl methyl sites for hydroxylation is 3. The molecule has 0 aliphatic heterocycles. The Bertz CT molecular complexity index is 1250. The fourth-order valence-corrected chi connectivity index (χ4v) is 3.95. The normalized spacial score (nSPS) is 10.9. The standard InChI is InChI=1S/C27H27N3O3/c1-20-10-12-21(13-11-20)27(33)25-9-5-16-29(25)15-4-8-24-14-17-30(28-24)19-23-7-3-2-6-22(23)18-26(31)32/h2-3,5-7,9-14,16-17H,4,8,15,18-19H2,1H3,(H,31,32). The highest BCUT2D eigenvalue weighted by molar-refractivity contribution is 6.08. The summed E-state index contributed by atoms with van der Waals surface area (Å²) in [5, 5.41) is 13.8. The van der Waals surface area contributed by atoms with Gasteiger partial charge in [0.15, 0.2) is 0 Å². The van der Waals surface area contributed by atoms with Crippen LogP contribution in [0.3, 0.4) is 0 Å². The predicted octanol–water partition coefficient (Wildman–Crippen LogP) is 4.53. The van der Waals surface area contributed by atoms with Crippen molar-refractivity contribution >= 4 is 11.8 Å². The maximum Gasteiger partial charge on any atom is 0.307 e. The number of nitrogens with zero attached hydrogens (tertiary/aromatic N) is 3. The molecule has 0 bridgehead atoms. The minimum absolute atomic E-state index is 0.00477. The van der Waals surface area contributed by atoms with Gasteiger partial charge in [0, 0.05) is 24.5 Å². The number of carboxylic acids is 1. The minimum atomic E-state index is -0.839. The second-order valence-electron chi connectivity index (χ2n) is 8.23. The molecule has 6 nitrogen and oxygen atoms in total. The summed E-state index contributed by atoms with van der Waals surface area (Å²) in [6, 6.07) is 21.0. The van der Waals surface area contributed by atoms with E-state index in [1.807, 2.05) is 95.3 Å². The lowest BCUT2D eigenvalue weighted by molar-refractivity contribution is -0.136. The van der Waals surface area contributed by atoms with Gasteiger partial charge in [0.1, 0.15) is 0 Å². The summed E-state index contributed by atoms with van der Waals surface area (Å²) >= 11 is 0. The van der Waals surface area contributed by atoms with Crippen molar-refractivity contribution in [1.82, 2.24) is 14.3 Å². The molecule has 0 aliphatic rings. The van der Waals surface area contributed by atoms with Crippen LogP contribution >= 0.6 is 0 Å². The number of rotatable bonds is 10. The number of carbonyl (C=O) groups is 2. The van der Waals surface area contributed by atoms with E-state index in [4.69, 9.17) is 5.11 Å². The molecule has 6 heteroatoms. The lowest BCUT2D eigenvalue weighted by Crippen LogP contribution is -2.10. The molecule has 0 radical (unpaired) electrons. The van der Waals surface area contributed by atoms with Crippen molar-refractivity contribution in [1.29, 1.82) is 0 Å². The molecule has 33 heavy (non-hydrogen) atoms. The van der Waals surface area contributed by atoms with Crippen LogP contribution in [0.2, 0.25) is 0 Å². The second-order valence-corrected chi connectivity index (χ2v) is 8.23. The largest absolute Gasteiger partial charge is 0.481 e. The number of carbonyl (C=O) groups excluding carboxylic acids is 1. The van der Waals surface area contributed by atoms with Gasteiger partial charge in [-0.15, -0.1) is 0 Å². The van der Waals surface area contributed by atoms with Gasteiger partial charge in [-0.1, -0.05) is 54.1 Å². The first-order valence-corrected chi connectivity index (χ1v) is 11.1. The summed E-state index contributed by atoms with van der Waals surface area (Å²) in [7, 11) is 0. The molecule has 0 aliphatic carbocycles. The molecule has 2 aromatic heterocycles. The molecule has 0 atom stereocenters. The van der Waals surface area contributed by atoms with Crippen molar-refractivity contribution in [2.45, 2.75) is 39.3 Å². The number of benzene rings is 2. The Balaban J connectivity index is 1.35. The Hall–Kier alpha value is -3.93. The summed E-state index contributed by atoms with van der Waals surface area (Å²) in [5.74, 6) is -0.807. The molecule has 4 aromatic rings. The fraction of sp³-hybridized carbons (Fsp3) is 0.222. The van der Waals surface area contributed by atoms with Crippen molar-refractivity contribution in [3.05, 3.63) is 113 Å². The van der Waals surface area contributed by atoms with Crippen molar-refractivity contribution in [3.8, 4) is 0 Å². The fourth-order valence-electron chi connectivity index (χ4n) is 3.95. The summed E-state index contributed by atoms with van der Waals surface area (Å²) in [4.78, 5) is 24.0. The Labute approximate surface area is 193 Å². The van der Waals surface area contributed by atoms with Gasteiger partial charge in [0.2, 0.25) is 5.78 Å². The van der Waals surface area contributed by atoms with E-state index < -0.39 is 5.97 Å². The maximum absolute atomic E-state index is 12.9. The number of hydrogen-bond acceptors (Lipinski definition) is 3. The number of carboxylic acid groups (broad SMARTS) is 1. The van der Waals surface area contributed by atoms with Gasteiger partial charge in [-0.05, 0) is 49.1 Å². The monoisotopic (exact) mass is 441 g/mol. The van der Waals surface area contributed by atoms with Crippen LogP contribution in [0.15, 0.2) is 79.1 Å². The molecule has 2 heterocycles. The third-order valence-corrected chi connectivity index (χ3v) is 5.70. The van der Waals surface area contributed by atoms with Crippen LogP contribution in [-0.4, -0.2) is 31.2 Å². The maximum atomic E-state index is 12.9. The molecule has 0 amide bonds. The molecule has 0 spiro atoms. The zero-order valence-electron chi connectivity index (χ0n) is 18.6. The number of aliphatic carboxylic acids is 1. The number of aromatic nitrogens is 3. The first-order chi connectivity index (χ1) is 16.0. The molecule has 1 N–H and O–H groups in total. The van der Waals surface area contributed by atoms with E-state index in [0.29, 0.717) is 17.8 Å². The molecule has 2 aromatic carbocycles. The zero-order valence-corrected chi connectivity index (χ0v) is 18.6. The number of ketones is 1. The first-order valence-electron chi connectivity index (χ1n) is 11.1. The van der Waals surface area contributed by atoms with E-state index in [-0.39, 0.29) is 12.2 Å². The topological polar surface area (TPSA) is 77.1 Å². The molecular weight excluding hydrogens is 414 g/mol. The Morgan fingerprint density at radius 3 is 2.42 bits per heavy atom. The van der Waals surface area contributed by atoms with Crippen LogP contribution < -0.4 is 0 Å². The van der Waals surface area contributed by atoms with Crippen molar-refractivity contribution in [2.24, 2.45) is 0 Å². The van der Waals surface area contributed by atoms with Crippen molar-refractivity contribution in [3.63, 3.8) is 0 Å². The van der Waals surface area contributed by atoms with E-state index in [1.54, 1.807) is 0 Å². The van der Waals surface area contributed by atoms with E-state index in [2.05, 4.69) is 5.10 Å². The van der Waals surface area contributed by atoms with E-state index >= 15 is 0 Å². The lowest BCUT2D eigenvalue weighted by Gasteiger charge is -2.09. The molecular formula is C27H27N3O3. The van der Waals surface area contributed by atoms with Gasteiger partial charge in [-0.3, -0.25) is 14.3 Å². The Morgan fingerprint density at radius 1 is 0.909 bits per heavy atom. The summed E-state index contributed by atoms with van der Waals surface area (Å²) in [6.07, 6.45) is 5.52. The first kappa shape index (κ1) is 22.3. The average molecular weight is 442 g/mol. The highest BCUT2D eigenvalue weighted by atomic mass is 16.4. The van der Waals surface area contributed by atoms with Crippen LogP contribution in [0.25, 0.3) is 0 Å². The van der Waals surface area contributed by atoms with E-state index in [0.717, 1.165) is 41.8 Å². The number of hydrogen-bond donors (Lipinski definition) is 1. The molecule has 0 unspecified atom stereocenters. The molecule has 168 valence electrons. The van der Waals surface area contributed by atoms with Crippen LogP contribution in [0, 0.1) is 6.92 Å². The molecule has 0 saturated heterocycles. The molecule has 4 rings (SSSR count). The highest BCUT2D eigenvalue weighted by Gasteiger charge is 2.13. The quantitative estimate of drug-likeness (QED) is 0.367. The summed E-state index contributed by atoms with van der Waals surface area (Å²) < 4.78 is 3.85. The Kier molecular flexibility index (Phi) is 6.83. The van der Waals surface area contributed by atoms with Gasteiger partial charge in [-0.25, -0.2) is 0 Å². The highest BCUT2D eigenvalue weighted by Crippen LogP contribution is 2.15. The molecule has 0 fully saturated rings. The van der Waals surface area contributed by atoms with Crippen molar-refractivity contribution in [2.75, 3.05) is 0 Å². The van der Waals surface area contributed by atoms with Gasteiger partial charge >= 0.3 is 5.97 Å². The van der Waals surface area contributed by atoms with Crippen LogP contribution in [0.4, 0.5) is 0 Å². The van der Waals surface area contributed by atoms with Gasteiger partial charge in [0.05, 0.1) is 24.4 Å². The van der Waals surface area contributed by atoms with E-state index in [9.17, 15) is 9.59 Å². The van der Waals surface area contributed by atoms with Crippen LogP contribution in [0.1, 0.15) is 44.9 Å². The van der Waals surface area contributed by atoms with Crippen molar-refractivity contribution < 1.29 is 14.7 Å². The third kappa shape index (κ3) is 5.66. The zero-order chi connectivity index (χ0) is 23.2. The van der Waals surface area contributed by atoms with Crippen LogP contribution in [0.5, 0.6) is 0 Å². The van der Waals surface area contributed by atoms with Gasteiger partial charge in [-0.2, -0.15) is 5.10 Å². The third-order valence-electron chi connectivity index (χ3n) is 5.70. The smallest absolute Gasteiger partial charge is 0.307 e. The average Bonchev–Trinajstić information content (AvgIpc) is 3.44. The minimum Gasteiger partial charge on any atom is -0.481 e. The van der Waals surface area contributed by atoms with Gasteiger partial charge < -0.3 is 9.67 Å². The second kappa shape index (κ2) is 10.1. The Morgan fingerprint density at radius 2 is 1.67 bits per heavy atom. The lowest BCUT2D eigenvalue weighted by atomic mass is 10.0. The van der Waals surface area contributed by atoms with Crippen LogP contribution in [-0.2, 0) is 30.7 Å². The van der Waals surface area contributed by atoms with E-state index in [1.165, 1.54) is 0 Å². The SMILES string of the molecule is Cc1ccc(C(=O)c2cccn2CCCc2ccn(Cc3ccccc3CC(=O)O)n2)cc1. The molecule has 0 saturated carbocycles. The summed E-state index contributed by atoms with van der Waals surface area (Å²) in [5.41, 5.74) is 5.26. The van der Waals surface area contributed by atoms with Gasteiger partial charge in [0.25, 0.3) is 0 Å². The predicted molar refractivity (Wildman–Crippen MR) is 126 cm³/mol.